The first-order valence-electron chi connectivity index (χ1n) is 5.34. The summed E-state index contributed by atoms with van der Waals surface area (Å²) in [6.07, 6.45) is 1.15. The molecule has 102 valence electrons. The molecular formula is C10H14BrNO4S2. The van der Waals surface area contributed by atoms with Crippen LogP contribution >= 0.6 is 27.3 Å². The van der Waals surface area contributed by atoms with E-state index in [1.165, 1.54) is 6.07 Å². The molecule has 5 nitrogen and oxygen atoms in total. The molecule has 1 unspecified atom stereocenters. The highest BCUT2D eigenvalue weighted by atomic mass is 79.9. The second-order valence-corrected chi connectivity index (χ2v) is 8.19. The molecule has 0 radical (unpaired) electrons. The van der Waals surface area contributed by atoms with Crippen molar-refractivity contribution in [3.63, 3.8) is 0 Å². The minimum absolute atomic E-state index is 0.0823. The smallest absolute Gasteiger partial charge is 0.307 e. The highest BCUT2D eigenvalue weighted by molar-refractivity contribution is 9.11. The van der Waals surface area contributed by atoms with Crippen molar-refractivity contribution in [3.05, 3.63) is 15.9 Å². The van der Waals surface area contributed by atoms with Crippen molar-refractivity contribution < 1.29 is 18.3 Å². The largest absolute Gasteiger partial charge is 0.481 e. The normalized spacial score (nSPS) is 13.4. The molecule has 1 atom stereocenters. The van der Waals surface area contributed by atoms with Gasteiger partial charge in [0, 0.05) is 6.54 Å². The predicted molar refractivity (Wildman–Crippen MR) is 73.2 cm³/mol. The summed E-state index contributed by atoms with van der Waals surface area (Å²) in [4.78, 5) is 10.9. The fourth-order valence-corrected chi connectivity index (χ4v) is 4.52. The van der Waals surface area contributed by atoms with Crippen LogP contribution in [0.15, 0.2) is 20.1 Å². The van der Waals surface area contributed by atoms with Crippen LogP contribution in [0.5, 0.6) is 0 Å². The van der Waals surface area contributed by atoms with E-state index in [2.05, 4.69) is 20.7 Å². The Morgan fingerprint density at radius 3 is 2.67 bits per heavy atom. The van der Waals surface area contributed by atoms with Crippen LogP contribution in [0.2, 0.25) is 0 Å². The Morgan fingerprint density at radius 2 is 2.22 bits per heavy atom. The number of carboxylic acids is 1. The van der Waals surface area contributed by atoms with Gasteiger partial charge in [0.15, 0.2) is 0 Å². The van der Waals surface area contributed by atoms with Gasteiger partial charge in [-0.3, -0.25) is 4.79 Å². The van der Waals surface area contributed by atoms with E-state index in [-0.39, 0.29) is 10.8 Å². The number of thiophene rings is 1. The van der Waals surface area contributed by atoms with Crippen LogP contribution in [0.3, 0.4) is 0 Å². The zero-order valence-electron chi connectivity index (χ0n) is 9.72. The predicted octanol–water partition coefficient (Wildman–Crippen LogP) is 2.29. The molecule has 1 aromatic rings. The topological polar surface area (TPSA) is 83.5 Å². The quantitative estimate of drug-likeness (QED) is 0.785. The van der Waals surface area contributed by atoms with E-state index in [1.807, 2.05) is 6.92 Å². The summed E-state index contributed by atoms with van der Waals surface area (Å²) in [6.45, 7) is 1.78. The Kier molecular flexibility index (Phi) is 5.77. The minimum Gasteiger partial charge on any atom is -0.481 e. The van der Waals surface area contributed by atoms with E-state index in [9.17, 15) is 13.2 Å². The second-order valence-electron chi connectivity index (χ2n) is 3.73. The lowest BCUT2D eigenvalue weighted by Gasteiger charge is -2.11. The van der Waals surface area contributed by atoms with Gasteiger partial charge in [0.05, 0.1) is 9.70 Å². The van der Waals surface area contributed by atoms with E-state index in [1.54, 1.807) is 6.07 Å². The Balaban J connectivity index is 2.69. The molecule has 0 saturated heterocycles. The van der Waals surface area contributed by atoms with Gasteiger partial charge in [-0.15, -0.1) is 11.3 Å². The molecule has 0 saturated carbocycles. The molecule has 0 fully saturated rings. The molecule has 1 rings (SSSR count). The average Bonchev–Trinajstić information content (AvgIpc) is 2.71. The molecule has 2 N–H and O–H groups in total. The van der Waals surface area contributed by atoms with E-state index in [4.69, 9.17) is 5.11 Å². The van der Waals surface area contributed by atoms with Gasteiger partial charge in [-0.1, -0.05) is 13.3 Å². The van der Waals surface area contributed by atoms with E-state index in [0.717, 1.165) is 11.3 Å². The second kappa shape index (κ2) is 6.65. The van der Waals surface area contributed by atoms with E-state index < -0.39 is 21.9 Å². The summed E-state index contributed by atoms with van der Waals surface area (Å²) in [5.74, 6) is -1.67. The third-order valence-electron chi connectivity index (χ3n) is 2.32. The number of carbonyl (C=O) groups is 1. The van der Waals surface area contributed by atoms with Crippen LogP contribution in [0, 0.1) is 5.92 Å². The molecule has 0 aliphatic heterocycles. The van der Waals surface area contributed by atoms with E-state index in [0.29, 0.717) is 16.6 Å². The van der Waals surface area contributed by atoms with Crippen LogP contribution in [0.4, 0.5) is 0 Å². The van der Waals surface area contributed by atoms with Crippen molar-refractivity contribution in [1.29, 1.82) is 0 Å². The molecule has 0 aliphatic carbocycles. The molecular weight excluding hydrogens is 342 g/mol. The molecule has 1 aromatic heterocycles. The Bertz CT molecular complexity index is 512. The van der Waals surface area contributed by atoms with Crippen LogP contribution in [0.25, 0.3) is 0 Å². The molecule has 8 heteroatoms. The maximum absolute atomic E-state index is 11.9. The number of halogens is 1. The number of rotatable bonds is 7. The van der Waals surface area contributed by atoms with Gasteiger partial charge >= 0.3 is 5.97 Å². The van der Waals surface area contributed by atoms with Crippen molar-refractivity contribution in [1.82, 2.24) is 4.72 Å². The first-order chi connectivity index (χ1) is 8.36. The summed E-state index contributed by atoms with van der Waals surface area (Å²) in [5, 5.41) is 8.94. The lowest BCUT2D eigenvalue weighted by molar-refractivity contribution is -0.141. The number of hydrogen-bond acceptors (Lipinski definition) is 4. The lowest BCUT2D eigenvalue weighted by Crippen LogP contribution is -2.32. The third kappa shape index (κ3) is 4.34. The summed E-state index contributed by atoms with van der Waals surface area (Å²) >= 11 is 4.27. The molecule has 1 heterocycles. The fraction of sp³-hybridized carbons (Fsp3) is 0.500. The lowest BCUT2D eigenvalue weighted by atomic mass is 10.1. The average molecular weight is 356 g/mol. The summed E-state index contributed by atoms with van der Waals surface area (Å²) in [6, 6.07) is 3.12. The van der Waals surface area contributed by atoms with Gasteiger partial charge < -0.3 is 5.11 Å². The Morgan fingerprint density at radius 1 is 1.56 bits per heavy atom. The van der Waals surface area contributed by atoms with Crippen LogP contribution in [-0.4, -0.2) is 26.0 Å². The van der Waals surface area contributed by atoms with E-state index >= 15 is 0 Å². The van der Waals surface area contributed by atoms with Gasteiger partial charge in [-0.05, 0) is 34.5 Å². The van der Waals surface area contributed by atoms with Gasteiger partial charge in [0.25, 0.3) is 0 Å². The van der Waals surface area contributed by atoms with Crippen molar-refractivity contribution in [3.8, 4) is 0 Å². The monoisotopic (exact) mass is 355 g/mol. The standard InChI is InChI=1S/C10H14BrNO4S2/c1-2-3-7(10(13)14)6-12-18(15,16)9-5-4-8(11)17-9/h4-5,7,12H,2-3,6H2,1H3,(H,13,14). The van der Waals surface area contributed by atoms with Crippen molar-refractivity contribution in [2.75, 3.05) is 6.54 Å². The van der Waals surface area contributed by atoms with Gasteiger partial charge in [0.1, 0.15) is 4.21 Å². The number of nitrogens with one attached hydrogen (secondary N) is 1. The Labute approximate surface area is 118 Å². The molecule has 18 heavy (non-hydrogen) atoms. The van der Waals surface area contributed by atoms with Gasteiger partial charge in [-0.25, -0.2) is 13.1 Å². The zero-order valence-corrected chi connectivity index (χ0v) is 12.9. The maximum atomic E-state index is 11.9. The summed E-state index contributed by atoms with van der Waals surface area (Å²) in [7, 11) is -3.61. The Hall–Kier alpha value is -0.440. The number of aliphatic carboxylic acids is 1. The zero-order chi connectivity index (χ0) is 13.8. The van der Waals surface area contributed by atoms with Crippen molar-refractivity contribution >= 4 is 43.3 Å². The molecule has 0 bridgehead atoms. The van der Waals surface area contributed by atoms with Crippen LogP contribution in [0.1, 0.15) is 19.8 Å². The highest BCUT2D eigenvalue weighted by Crippen LogP contribution is 2.25. The van der Waals surface area contributed by atoms with Gasteiger partial charge in [-0.2, -0.15) is 0 Å². The van der Waals surface area contributed by atoms with Crippen LogP contribution in [-0.2, 0) is 14.8 Å². The molecule has 0 aliphatic rings. The maximum Gasteiger partial charge on any atom is 0.307 e. The fourth-order valence-electron chi connectivity index (χ4n) is 1.38. The van der Waals surface area contributed by atoms with Crippen molar-refractivity contribution in [2.45, 2.75) is 24.0 Å². The third-order valence-corrected chi connectivity index (χ3v) is 5.86. The summed E-state index contributed by atoms with van der Waals surface area (Å²) < 4.78 is 27.0. The van der Waals surface area contributed by atoms with Crippen molar-refractivity contribution in [2.24, 2.45) is 5.92 Å². The number of carboxylic acid groups (broad SMARTS) is 1. The molecule has 0 aromatic carbocycles. The summed E-state index contributed by atoms with van der Waals surface area (Å²) in [5.41, 5.74) is 0. The van der Waals surface area contributed by atoms with Crippen LogP contribution < -0.4 is 4.72 Å². The number of hydrogen-bond donors (Lipinski definition) is 2. The SMILES string of the molecule is CCCC(CNS(=O)(=O)c1ccc(Br)s1)C(=O)O. The number of sulfonamides is 1. The molecule has 0 spiro atoms. The first-order valence-corrected chi connectivity index (χ1v) is 8.44. The first kappa shape index (κ1) is 15.6. The highest BCUT2D eigenvalue weighted by Gasteiger charge is 2.22. The van der Waals surface area contributed by atoms with Gasteiger partial charge in [0.2, 0.25) is 10.0 Å². The minimum atomic E-state index is -3.61. The molecule has 0 amide bonds.